The van der Waals surface area contributed by atoms with Gasteiger partial charge in [-0.05, 0) is 48.2 Å². The maximum atomic E-state index is 12.4. The molecule has 33 heavy (non-hydrogen) atoms. The number of aryl methyl sites for hydroxylation is 1. The molecule has 0 radical (unpaired) electrons. The number of hydrogen-bond acceptors (Lipinski definition) is 5. The lowest BCUT2D eigenvalue weighted by Crippen LogP contribution is -2.25. The lowest BCUT2D eigenvalue weighted by Gasteiger charge is -2.23. The second-order valence-corrected chi connectivity index (χ2v) is 10.0. The third-order valence-electron chi connectivity index (χ3n) is 5.21. The van der Waals surface area contributed by atoms with Crippen LogP contribution in [-0.4, -0.2) is 35.6 Å². The standard InChI is InChI=1S/C23H28ClN5O3S/c1-15-26-27-22(28(15)13-12-25-16(2)30)20-14-18(24)8-11-21(20)29(33(31)32)19-9-6-17(7-10-19)23(3,4)5/h6-11,14,33H,12-13H2,1-5H3,(H,25,30). The Morgan fingerprint density at radius 2 is 1.79 bits per heavy atom. The summed E-state index contributed by atoms with van der Waals surface area (Å²) in [7, 11) is -3.02. The molecule has 1 amide bonds. The first kappa shape index (κ1) is 24.7. The highest BCUT2D eigenvalue weighted by Gasteiger charge is 2.22. The zero-order valence-corrected chi connectivity index (χ0v) is 20.9. The molecule has 0 aliphatic heterocycles. The van der Waals surface area contributed by atoms with E-state index in [1.807, 2.05) is 16.7 Å². The van der Waals surface area contributed by atoms with Gasteiger partial charge in [-0.3, -0.25) is 4.79 Å². The molecule has 1 N–H and O–H groups in total. The number of amides is 1. The molecule has 1 aromatic heterocycles. The van der Waals surface area contributed by atoms with E-state index in [-0.39, 0.29) is 11.3 Å². The van der Waals surface area contributed by atoms with Gasteiger partial charge < -0.3 is 9.88 Å². The lowest BCUT2D eigenvalue weighted by atomic mass is 9.87. The monoisotopic (exact) mass is 489 g/mol. The van der Waals surface area contributed by atoms with E-state index in [1.165, 1.54) is 11.2 Å². The molecular weight excluding hydrogens is 462 g/mol. The van der Waals surface area contributed by atoms with Gasteiger partial charge in [0.15, 0.2) is 5.82 Å². The minimum Gasteiger partial charge on any atom is -0.355 e. The average molecular weight is 490 g/mol. The van der Waals surface area contributed by atoms with Crippen LogP contribution in [0.1, 0.15) is 39.1 Å². The number of carbonyl (C=O) groups excluding carboxylic acids is 1. The summed E-state index contributed by atoms with van der Waals surface area (Å²) in [4.78, 5) is 11.3. The van der Waals surface area contributed by atoms with Gasteiger partial charge in [-0.15, -0.1) is 10.2 Å². The predicted octanol–water partition coefficient (Wildman–Crippen LogP) is 4.01. The van der Waals surface area contributed by atoms with Crippen molar-refractivity contribution in [2.45, 2.75) is 46.6 Å². The van der Waals surface area contributed by atoms with Gasteiger partial charge in [-0.2, -0.15) is 0 Å². The molecule has 1 heterocycles. The van der Waals surface area contributed by atoms with E-state index < -0.39 is 10.9 Å². The van der Waals surface area contributed by atoms with Crippen LogP contribution < -0.4 is 9.62 Å². The Morgan fingerprint density at radius 1 is 1.12 bits per heavy atom. The van der Waals surface area contributed by atoms with Crippen molar-refractivity contribution in [2.75, 3.05) is 10.8 Å². The summed E-state index contributed by atoms with van der Waals surface area (Å²) in [5, 5.41) is 11.6. The second kappa shape index (κ2) is 9.93. The van der Waals surface area contributed by atoms with Gasteiger partial charge in [0.25, 0.3) is 0 Å². The molecule has 2 aromatic carbocycles. The molecule has 8 nitrogen and oxygen atoms in total. The summed E-state index contributed by atoms with van der Waals surface area (Å²) in [6, 6.07) is 12.4. The summed E-state index contributed by atoms with van der Waals surface area (Å²) in [5.74, 6) is 0.955. The van der Waals surface area contributed by atoms with Crippen LogP contribution >= 0.6 is 11.6 Å². The quantitative estimate of drug-likeness (QED) is 0.489. The minimum atomic E-state index is -3.02. The number of carbonyl (C=O) groups is 1. The molecule has 0 spiro atoms. The van der Waals surface area contributed by atoms with E-state index >= 15 is 0 Å². The fourth-order valence-electron chi connectivity index (χ4n) is 3.49. The van der Waals surface area contributed by atoms with Crippen LogP contribution in [-0.2, 0) is 27.6 Å². The zero-order valence-electron chi connectivity index (χ0n) is 19.3. The summed E-state index contributed by atoms with van der Waals surface area (Å²) in [6.45, 7) is 10.3. The van der Waals surface area contributed by atoms with Crippen LogP contribution in [0, 0.1) is 6.92 Å². The first-order chi connectivity index (χ1) is 15.5. The summed E-state index contributed by atoms with van der Waals surface area (Å²) >= 11 is 6.29. The van der Waals surface area contributed by atoms with Gasteiger partial charge in [0.2, 0.25) is 16.8 Å². The number of nitrogens with zero attached hydrogens (tertiary/aromatic N) is 4. The van der Waals surface area contributed by atoms with Crippen molar-refractivity contribution in [2.24, 2.45) is 0 Å². The number of benzene rings is 2. The summed E-state index contributed by atoms with van der Waals surface area (Å²) < 4.78 is 27.9. The molecule has 0 aliphatic carbocycles. The van der Waals surface area contributed by atoms with Crippen molar-refractivity contribution in [3.8, 4) is 11.4 Å². The third kappa shape index (κ3) is 5.72. The fraction of sp³-hybridized carbons (Fsp3) is 0.348. The lowest BCUT2D eigenvalue weighted by molar-refractivity contribution is -0.118. The number of thiol groups is 1. The van der Waals surface area contributed by atoms with Crippen molar-refractivity contribution in [3.63, 3.8) is 0 Å². The minimum absolute atomic E-state index is 0.0592. The highest BCUT2D eigenvalue weighted by molar-refractivity contribution is 7.74. The van der Waals surface area contributed by atoms with Crippen molar-refractivity contribution < 1.29 is 13.2 Å². The van der Waals surface area contributed by atoms with Crippen LogP contribution in [0.3, 0.4) is 0 Å². The SMILES string of the molecule is CC(=O)NCCn1c(C)nnc1-c1cc(Cl)ccc1N(c1ccc(C(C)(C)C)cc1)[SH](=O)=O. The molecule has 0 bridgehead atoms. The molecule has 3 aromatic rings. The second-order valence-electron chi connectivity index (χ2n) is 8.71. The van der Waals surface area contributed by atoms with Crippen LogP contribution in [0.2, 0.25) is 5.02 Å². The first-order valence-corrected chi connectivity index (χ1v) is 12.0. The molecule has 3 rings (SSSR count). The zero-order chi connectivity index (χ0) is 24.3. The van der Waals surface area contributed by atoms with Gasteiger partial charge >= 0.3 is 0 Å². The number of hydrogen-bond donors (Lipinski definition) is 2. The van der Waals surface area contributed by atoms with E-state index in [1.54, 1.807) is 37.3 Å². The Labute approximate surface area is 200 Å². The molecule has 176 valence electrons. The van der Waals surface area contributed by atoms with Crippen molar-refractivity contribution in [3.05, 3.63) is 58.9 Å². The third-order valence-corrected chi connectivity index (χ3v) is 6.22. The Bertz CT molecular complexity index is 1220. The van der Waals surface area contributed by atoms with E-state index in [0.29, 0.717) is 46.7 Å². The molecule has 0 fully saturated rings. The molecular formula is C23H28ClN5O3S. The van der Waals surface area contributed by atoms with Crippen LogP contribution in [0.15, 0.2) is 42.5 Å². The van der Waals surface area contributed by atoms with E-state index in [0.717, 1.165) is 5.56 Å². The number of halogens is 1. The Hall–Kier alpha value is -2.91. The number of anilines is 2. The topological polar surface area (TPSA) is 97.2 Å². The fourth-order valence-corrected chi connectivity index (χ4v) is 4.33. The van der Waals surface area contributed by atoms with Crippen molar-refractivity contribution in [1.29, 1.82) is 0 Å². The number of nitrogens with one attached hydrogen (secondary N) is 1. The molecule has 0 aliphatic rings. The van der Waals surface area contributed by atoms with Gasteiger partial charge in [0, 0.05) is 30.6 Å². The number of aromatic nitrogens is 3. The normalized spacial score (nSPS) is 11.6. The highest BCUT2D eigenvalue weighted by Crippen LogP contribution is 2.37. The largest absolute Gasteiger partial charge is 0.355 e. The van der Waals surface area contributed by atoms with E-state index in [2.05, 4.69) is 36.3 Å². The maximum Gasteiger partial charge on any atom is 0.229 e. The van der Waals surface area contributed by atoms with E-state index in [4.69, 9.17) is 11.6 Å². The van der Waals surface area contributed by atoms with E-state index in [9.17, 15) is 13.2 Å². The maximum absolute atomic E-state index is 12.4. The van der Waals surface area contributed by atoms with Gasteiger partial charge in [-0.25, -0.2) is 12.7 Å². The van der Waals surface area contributed by atoms with Gasteiger partial charge in [0.05, 0.1) is 11.4 Å². The molecule has 0 saturated carbocycles. The van der Waals surface area contributed by atoms with Crippen LogP contribution in [0.25, 0.3) is 11.4 Å². The predicted molar refractivity (Wildman–Crippen MR) is 131 cm³/mol. The molecule has 0 atom stereocenters. The smallest absolute Gasteiger partial charge is 0.229 e. The van der Waals surface area contributed by atoms with Gasteiger partial charge in [0.1, 0.15) is 5.82 Å². The molecule has 10 heteroatoms. The summed E-state index contributed by atoms with van der Waals surface area (Å²) in [6.07, 6.45) is 0. The van der Waals surface area contributed by atoms with Crippen LogP contribution in [0.5, 0.6) is 0 Å². The summed E-state index contributed by atoms with van der Waals surface area (Å²) in [5.41, 5.74) is 2.47. The van der Waals surface area contributed by atoms with Crippen molar-refractivity contribution in [1.82, 2.24) is 20.1 Å². The Kier molecular flexibility index (Phi) is 7.44. The highest BCUT2D eigenvalue weighted by atomic mass is 35.5. The van der Waals surface area contributed by atoms with Gasteiger partial charge in [-0.1, -0.05) is 44.5 Å². The molecule has 0 unspecified atom stereocenters. The van der Waals surface area contributed by atoms with Crippen LogP contribution in [0.4, 0.5) is 11.4 Å². The average Bonchev–Trinajstić information content (AvgIpc) is 3.09. The Morgan fingerprint density at radius 3 is 2.36 bits per heavy atom. The number of rotatable bonds is 7. The first-order valence-electron chi connectivity index (χ1n) is 10.5. The van der Waals surface area contributed by atoms with Crippen molar-refractivity contribution >= 4 is 39.8 Å². The Balaban J connectivity index is 2.11. The molecule has 0 saturated heterocycles.